The van der Waals surface area contributed by atoms with Crippen LogP contribution in [-0.2, 0) is 18.0 Å². The van der Waals surface area contributed by atoms with Crippen LogP contribution in [0.4, 0.5) is 0 Å². The number of aromatic carboxylic acids is 1. The molecule has 0 unspecified atom stereocenters. The van der Waals surface area contributed by atoms with Gasteiger partial charge in [-0.1, -0.05) is 78.9 Å². The molecule has 0 aliphatic rings. The molecule has 0 radical (unpaired) electrons. The lowest BCUT2D eigenvalue weighted by molar-refractivity contribution is 0.0467. The monoisotopic (exact) mass is 438 g/mol. The molecule has 0 fully saturated rings. The summed E-state index contributed by atoms with van der Waals surface area (Å²) >= 11 is 0. The van der Waals surface area contributed by atoms with Crippen molar-refractivity contribution < 1.29 is 24.2 Å². The number of benzene rings is 4. The van der Waals surface area contributed by atoms with Crippen LogP contribution in [-0.4, -0.2) is 17.0 Å². The number of carboxylic acid groups (broad SMARTS) is 1. The average molecular weight is 438 g/mol. The first-order chi connectivity index (χ1) is 16.1. The van der Waals surface area contributed by atoms with Crippen LogP contribution in [0.2, 0.25) is 0 Å². The van der Waals surface area contributed by atoms with Gasteiger partial charge >= 0.3 is 11.9 Å². The van der Waals surface area contributed by atoms with Gasteiger partial charge in [-0.25, -0.2) is 9.59 Å². The molecular weight excluding hydrogens is 416 g/mol. The van der Waals surface area contributed by atoms with Gasteiger partial charge in [-0.2, -0.15) is 0 Å². The lowest BCUT2D eigenvalue weighted by Crippen LogP contribution is -2.08. The summed E-state index contributed by atoms with van der Waals surface area (Å²) in [7, 11) is 0. The van der Waals surface area contributed by atoms with Gasteiger partial charge in [0.05, 0.1) is 5.56 Å². The van der Waals surface area contributed by atoms with Crippen LogP contribution in [0, 0.1) is 0 Å². The van der Waals surface area contributed by atoms with E-state index in [-0.39, 0.29) is 12.2 Å². The minimum absolute atomic E-state index is 0.163. The van der Waals surface area contributed by atoms with Gasteiger partial charge in [0.2, 0.25) is 0 Å². The molecular formula is C28H22O5. The molecule has 0 aliphatic heterocycles. The quantitative estimate of drug-likeness (QED) is 0.342. The standard InChI is InChI=1S/C28H22O5/c29-27(30)23-13-11-22(12-14-23)24-15-16-25(28(31)33-19-21-9-5-2-6-10-21)26(17-24)32-18-20-7-3-1-4-8-20/h1-17H,18-19H2,(H,29,30). The van der Waals surface area contributed by atoms with Gasteiger partial charge in [-0.05, 0) is 46.5 Å². The highest BCUT2D eigenvalue weighted by atomic mass is 16.5. The van der Waals surface area contributed by atoms with Crippen LogP contribution in [0.1, 0.15) is 31.8 Å². The number of carbonyl (C=O) groups is 2. The van der Waals surface area contributed by atoms with E-state index >= 15 is 0 Å². The number of hydrogen-bond donors (Lipinski definition) is 1. The molecule has 164 valence electrons. The van der Waals surface area contributed by atoms with Crippen LogP contribution in [0.25, 0.3) is 11.1 Å². The molecule has 5 nitrogen and oxygen atoms in total. The highest BCUT2D eigenvalue weighted by Gasteiger charge is 2.16. The van der Waals surface area contributed by atoms with E-state index in [9.17, 15) is 9.59 Å². The number of ether oxygens (including phenoxy) is 2. The Hall–Kier alpha value is -4.38. The fraction of sp³-hybridized carbons (Fsp3) is 0.0714. The summed E-state index contributed by atoms with van der Waals surface area (Å²) in [6.07, 6.45) is 0. The number of esters is 1. The largest absolute Gasteiger partial charge is 0.488 e. The molecule has 0 saturated heterocycles. The Labute approximate surface area is 191 Å². The van der Waals surface area contributed by atoms with Crippen molar-refractivity contribution in [1.29, 1.82) is 0 Å². The number of carbonyl (C=O) groups excluding carboxylic acids is 1. The van der Waals surface area contributed by atoms with E-state index in [0.29, 0.717) is 17.9 Å². The Bertz CT molecular complexity index is 1230. The van der Waals surface area contributed by atoms with E-state index < -0.39 is 11.9 Å². The summed E-state index contributed by atoms with van der Waals surface area (Å²) in [6.45, 7) is 0.456. The SMILES string of the molecule is O=C(O)c1ccc(-c2ccc(C(=O)OCc3ccccc3)c(OCc3ccccc3)c2)cc1. The van der Waals surface area contributed by atoms with Crippen molar-refractivity contribution in [3.8, 4) is 16.9 Å². The highest BCUT2D eigenvalue weighted by Crippen LogP contribution is 2.29. The molecule has 0 spiro atoms. The van der Waals surface area contributed by atoms with Gasteiger partial charge in [-0.3, -0.25) is 0 Å². The van der Waals surface area contributed by atoms with Crippen molar-refractivity contribution in [1.82, 2.24) is 0 Å². The van der Waals surface area contributed by atoms with Crippen molar-refractivity contribution in [2.24, 2.45) is 0 Å². The van der Waals surface area contributed by atoms with E-state index in [1.807, 2.05) is 60.7 Å². The molecule has 33 heavy (non-hydrogen) atoms. The zero-order valence-corrected chi connectivity index (χ0v) is 17.8. The molecule has 0 amide bonds. The smallest absolute Gasteiger partial charge is 0.342 e. The van der Waals surface area contributed by atoms with Crippen molar-refractivity contribution >= 4 is 11.9 Å². The summed E-state index contributed by atoms with van der Waals surface area (Å²) in [5, 5.41) is 9.13. The van der Waals surface area contributed by atoms with Gasteiger partial charge < -0.3 is 14.6 Å². The third kappa shape index (κ3) is 5.66. The van der Waals surface area contributed by atoms with Gasteiger partial charge in [0, 0.05) is 0 Å². The molecule has 0 atom stereocenters. The molecule has 4 aromatic carbocycles. The minimum atomic E-state index is -0.982. The Morgan fingerprint density at radius 3 is 1.85 bits per heavy atom. The van der Waals surface area contributed by atoms with Crippen molar-refractivity contribution in [2.75, 3.05) is 0 Å². The third-order valence-corrected chi connectivity index (χ3v) is 5.12. The summed E-state index contributed by atoms with van der Waals surface area (Å²) in [6, 6.07) is 30.9. The van der Waals surface area contributed by atoms with Crippen LogP contribution >= 0.6 is 0 Å². The molecule has 0 bridgehead atoms. The summed E-state index contributed by atoms with van der Waals surface area (Å²) < 4.78 is 11.5. The van der Waals surface area contributed by atoms with Crippen LogP contribution in [0.3, 0.4) is 0 Å². The molecule has 4 aromatic rings. The molecule has 5 heteroatoms. The molecule has 0 aromatic heterocycles. The van der Waals surface area contributed by atoms with Crippen molar-refractivity contribution in [2.45, 2.75) is 13.2 Å². The molecule has 0 heterocycles. The van der Waals surface area contributed by atoms with E-state index in [1.165, 1.54) is 0 Å². The average Bonchev–Trinajstić information content (AvgIpc) is 2.87. The minimum Gasteiger partial charge on any atom is -0.488 e. The Balaban J connectivity index is 1.59. The van der Waals surface area contributed by atoms with Crippen LogP contribution in [0.5, 0.6) is 5.75 Å². The first-order valence-electron chi connectivity index (χ1n) is 10.5. The van der Waals surface area contributed by atoms with Crippen LogP contribution < -0.4 is 4.74 Å². The van der Waals surface area contributed by atoms with Crippen molar-refractivity contribution in [3.05, 3.63) is 125 Å². The lowest BCUT2D eigenvalue weighted by atomic mass is 10.0. The number of carboxylic acids is 1. The zero-order valence-electron chi connectivity index (χ0n) is 17.8. The maximum absolute atomic E-state index is 12.9. The van der Waals surface area contributed by atoms with Gasteiger partial charge in [0.25, 0.3) is 0 Å². The normalized spacial score (nSPS) is 10.4. The number of hydrogen-bond acceptors (Lipinski definition) is 4. The van der Waals surface area contributed by atoms with E-state index in [2.05, 4.69) is 0 Å². The Kier molecular flexibility index (Phi) is 6.81. The first-order valence-corrected chi connectivity index (χ1v) is 10.5. The topological polar surface area (TPSA) is 72.8 Å². The fourth-order valence-corrected chi connectivity index (χ4v) is 3.33. The van der Waals surface area contributed by atoms with Crippen LogP contribution in [0.15, 0.2) is 103 Å². The third-order valence-electron chi connectivity index (χ3n) is 5.12. The molecule has 4 rings (SSSR count). The van der Waals surface area contributed by atoms with Gasteiger partial charge in [0.1, 0.15) is 24.5 Å². The molecule has 0 aliphatic carbocycles. The molecule has 1 N–H and O–H groups in total. The van der Waals surface area contributed by atoms with Gasteiger partial charge in [-0.15, -0.1) is 0 Å². The Morgan fingerprint density at radius 1 is 0.667 bits per heavy atom. The molecule has 0 saturated carbocycles. The van der Waals surface area contributed by atoms with E-state index in [1.54, 1.807) is 42.5 Å². The van der Waals surface area contributed by atoms with E-state index in [4.69, 9.17) is 14.6 Å². The summed E-state index contributed by atoms with van der Waals surface area (Å²) in [5.74, 6) is -1.06. The predicted molar refractivity (Wildman–Crippen MR) is 125 cm³/mol. The fourth-order valence-electron chi connectivity index (χ4n) is 3.33. The Morgan fingerprint density at radius 2 is 1.24 bits per heavy atom. The van der Waals surface area contributed by atoms with E-state index in [0.717, 1.165) is 22.3 Å². The number of rotatable bonds is 8. The summed E-state index contributed by atoms with van der Waals surface area (Å²) in [5.41, 5.74) is 4.02. The maximum atomic E-state index is 12.9. The maximum Gasteiger partial charge on any atom is 0.342 e. The summed E-state index contributed by atoms with van der Waals surface area (Å²) in [4.78, 5) is 24.0. The second-order valence-electron chi connectivity index (χ2n) is 7.43. The van der Waals surface area contributed by atoms with Gasteiger partial charge in [0.15, 0.2) is 0 Å². The van der Waals surface area contributed by atoms with Crippen molar-refractivity contribution in [3.63, 3.8) is 0 Å². The highest BCUT2D eigenvalue weighted by molar-refractivity contribution is 5.93. The second-order valence-corrected chi connectivity index (χ2v) is 7.43. The first kappa shape index (κ1) is 21.8. The zero-order chi connectivity index (χ0) is 23.0. The lowest BCUT2D eigenvalue weighted by Gasteiger charge is -2.14. The second kappa shape index (κ2) is 10.3. The predicted octanol–water partition coefficient (Wildman–Crippen LogP) is 5.99.